The van der Waals surface area contributed by atoms with Crippen LogP contribution in [0.4, 0.5) is 10.2 Å². The normalized spacial score (nSPS) is 19.6. The second kappa shape index (κ2) is 14.4. The number of halogens is 1. The molecule has 1 unspecified atom stereocenters. The van der Waals surface area contributed by atoms with E-state index >= 15 is 4.39 Å². The van der Waals surface area contributed by atoms with Crippen molar-refractivity contribution >= 4 is 11.7 Å². The summed E-state index contributed by atoms with van der Waals surface area (Å²) in [6, 6.07) is 34.2. The maximum Gasteiger partial charge on any atom is 0.351 e. The molecule has 5 aromatic rings. The predicted molar refractivity (Wildman–Crippen MR) is 181 cm³/mol. The Morgan fingerprint density at radius 2 is 1.39 bits per heavy atom. The number of carbonyl (C=O) groups is 1. The van der Waals surface area contributed by atoms with Gasteiger partial charge < -0.3 is 29.4 Å². The molecular formula is C38H36FN3O7. The van der Waals surface area contributed by atoms with Crippen LogP contribution in [0.5, 0.6) is 11.5 Å². The lowest BCUT2D eigenvalue weighted by Crippen LogP contribution is -2.44. The smallest absolute Gasteiger partial charge is 0.351 e. The molecule has 6 rings (SSSR count). The van der Waals surface area contributed by atoms with Crippen molar-refractivity contribution in [2.45, 2.75) is 43.2 Å². The van der Waals surface area contributed by atoms with Gasteiger partial charge in [-0.15, -0.1) is 0 Å². The monoisotopic (exact) mass is 665 g/mol. The summed E-state index contributed by atoms with van der Waals surface area (Å²) in [6.45, 7) is 1.69. The van der Waals surface area contributed by atoms with Crippen LogP contribution in [0.3, 0.4) is 0 Å². The van der Waals surface area contributed by atoms with Gasteiger partial charge in [0, 0.05) is 11.8 Å². The summed E-state index contributed by atoms with van der Waals surface area (Å²) in [5.41, 5.74) is 0.508. The molecule has 1 aromatic heterocycles. The first-order valence-electron chi connectivity index (χ1n) is 15.7. The second-order valence-corrected chi connectivity index (χ2v) is 11.6. The van der Waals surface area contributed by atoms with Crippen LogP contribution in [-0.4, -0.2) is 59.3 Å². The topological polar surface area (TPSA) is 121 Å². The fourth-order valence-electron chi connectivity index (χ4n) is 6.10. The first-order valence-corrected chi connectivity index (χ1v) is 15.7. The van der Waals surface area contributed by atoms with Crippen molar-refractivity contribution in [2.75, 3.05) is 19.5 Å². The lowest BCUT2D eigenvalue weighted by molar-refractivity contribution is -0.137. The van der Waals surface area contributed by atoms with Crippen LogP contribution in [-0.2, 0) is 15.1 Å². The number of nitrogens with one attached hydrogen (secondary N) is 1. The number of methoxy groups -OCH3 is 2. The molecule has 0 spiro atoms. The Balaban J connectivity index is 1.32. The third-order valence-corrected chi connectivity index (χ3v) is 8.61. The van der Waals surface area contributed by atoms with E-state index in [1.165, 1.54) is 12.3 Å². The number of alkyl halides is 1. The first-order chi connectivity index (χ1) is 23.7. The molecule has 0 saturated carbocycles. The fourth-order valence-corrected chi connectivity index (χ4v) is 6.10. The van der Waals surface area contributed by atoms with Crippen LogP contribution in [0.1, 0.15) is 40.2 Å². The van der Waals surface area contributed by atoms with Gasteiger partial charge in [0.15, 0.2) is 12.4 Å². The highest BCUT2D eigenvalue weighted by molar-refractivity contribution is 6.03. The van der Waals surface area contributed by atoms with Gasteiger partial charge in [0.25, 0.3) is 5.91 Å². The molecular weight excluding hydrogens is 629 g/mol. The first kappa shape index (κ1) is 33.5. The average Bonchev–Trinajstić information content (AvgIpc) is 3.44. The van der Waals surface area contributed by atoms with E-state index in [1.54, 1.807) is 51.5 Å². The number of hydrogen-bond donors (Lipinski definition) is 2. The highest BCUT2D eigenvalue weighted by atomic mass is 19.1. The zero-order valence-corrected chi connectivity index (χ0v) is 27.1. The molecule has 11 heteroatoms. The summed E-state index contributed by atoms with van der Waals surface area (Å²) < 4.78 is 40.7. The number of anilines is 1. The maximum absolute atomic E-state index is 15.8. The molecule has 1 saturated heterocycles. The van der Waals surface area contributed by atoms with Gasteiger partial charge in [-0.05, 0) is 66.1 Å². The van der Waals surface area contributed by atoms with Gasteiger partial charge in [0.05, 0.1) is 20.3 Å². The minimum Gasteiger partial charge on any atom is -0.497 e. The molecule has 1 amide bonds. The van der Waals surface area contributed by atoms with Gasteiger partial charge in [-0.3, -0.25) is 9.36 Å². The molecule has 1 fully saturated rings. The SMILES string of the molecule is COc1ccc(C(O[C@@H](C)C2O[C@@H](n3ccc(NC(=O)c4ccccc4)nc3=O)[C@H](F)[C@@H]2O)(c2ccccc2)c2ccc(OC)cc2)cc1. The number of aliphatic hydroxyl groups excluding tert-OH is 1. The molecule has 2 N–H and O–H groups in total. The molecule has 2 heterocycles. The standard InChI is InChI=1S/C38H36FN3O7/c1-24(34-33(43)32(39)36(48-34)42-23-22-31(41-37(42)45)40-35(44)25-10-6-4-7-11-25)49-38(26-12-8-5-9-13-26,27-14-18-29(46-2)19-15-27)28-16-20-30(47-3)21-17-28/h4-24,32-34,36,43H,1-3H3,(H,40,41,44,45)/t24-,32+,33-,34?,36+/m0/s1. The molecule has 0 bridgehead atoms. The number of carbonyl (C=O) groups excluding carboxylic acids is 1. The van der Waals surface area contributed by atoms with E-state index in [4.69, 9.17) is 18.9 Å². The van der Waals surface area contributed by atoms with Crippen LogP contribution < -0.4 is 20.5 Å². The number of aliphatic hydroxyl groups is 1. The predicted octanol–water partition coefficient (Wildman–Crippen LogP) is 5.51. The molecule has 0 radical (unpaired) electrons. The number of aromatic nitrogens is 2. The van der Waals surface area contributed by atoms with Crippen LogP contribution in [0, 0.1) is 0 Å². The van der Waals surface area contributed by atoms with E-state index in [2.05, 4.69) is 10.3 Å². The van der Waals surface area contributed by atoms with Crippen LogP contribution in [0.25, 0.3) is 0 Å². The molecule has 10 nitrogen and oxygen atoms in total. The van der Waals surface area contributed by atoms with Gasteiger partial charge in [0.2, 0.25) is 0 Å². The number of ether oxygens (including phenoxy) is 4. The zero-order chi connectivity index (χ0) is 34.5. The minimum atomic E-state index is -1.99. The average molecular weight is 666 g/mol. The van der Waals surface area contributed by atoms with E-state index in [0.717, 1.165) is 21.3 Å². The fraction of sp³-hybridized carbons (Fsp3) is 0.237. The van der Waals surface area contributed by atoms with Crippen molar-refractivity contribution in [3.63, 3.8) is 0 Å². The van der Waals surface area contributed by atoms with Crippen molar-refractivity contribution in [3.8, 4) is 11.5 Å². The lowest BCUT2D eigenvalue weighted by Gasteiger charge is -2.40. The largest absolute Gasteiger partial charge is 0.497 e. The Hall–Kier alpha value is -5.36. The molecule has 1 aliphatic heterocycles. The summed E-state index contributed by atoms with van der Waals surface area (Å²) >= 11 is 0. The van der Waals surface area contributed by atoms with Crippen molar-refractivity contribution in [1.82, 2.24) is 9.55 Å². The van der Waals surface area contributed by atoms with E-state index < -0.39 is 47.9 Å². The summed E-state index contributed by atoms with van der Waals surface area (Å²) in [5.74, 6) is 0.832. The number of amides is 1. The Morgan fingerprint density at radius 1 is 0.857 bits per heavy atom. The Morgan fingerprint density at radius 3 is 1.92 bits per heavy atom. The molecule has 0 aliphatic carbocycles. The van der Waals surface area contributed by atoms with E-state index in [1.807, 2.05) is 78.9 Å². The Bertz CT molecular complexity index is 1870. The second-order valence-electron chi connectivity index (χ2n) is 11.6. The molecule has 5 atom stereocenters. The Kier molecular flexibility index (Phi) is 9.86. The van der Waals surface area contributed by atoms with Crippen molar-refractivity contribution in [1.29, 1.82) is 0 Å². The number of hydrogen-bond acceptors (Lipinski definition) is 8. The quantitative estimate of drug-likeness (QED) is 0.177. The van der Waals surface area contributed by atoms with Gasteiger partial charge in [-0.25, -0.2) is 9.18 Å². The summed E-state index contributed by atoms with van der Waals surface area (Å²) in [6.07, 6.45) is -5.98. The number of benzene rings is 4. The summed E-state index contributed by atoms with van der Waals surface area (Å²) in [4.78, 5) is 29.6. The van der Waals surface area contributed by atoms with E-state index in [9.17, 15) is 14.7 Å². The van der Waals surface area contributed by atoms with E-state index in [0.29, 0.717) is 17.1 Å². The highest BCUT2D eigenvalue weighted by Gasteiger charge is 2.50. The van der Waals surface area contributed by atoms with Crippen molar-refractivity contribution in [2.24, 2.45) is 0 Å². The Labute approximate surface area is 282 Å². The third-order valence-electron chi connectivity index (χ3n) is 8.61. The van der Waals surface area contributed by atoms with Gasteiger partial charge in [0.1, 0.15) is 35.1 Å². The zero-order valence-electron chi connectivity index (χ0n) is 27.1. The number of rotatable bonds is 11. The van der Waals surface area contributed by atoms with Crippen molar-refractivity contribution < 1.29 is 33.2 Å². The number of nitrogens with zero attached hydrogens (tertiary/aromatic N) is 2. The van der Waals surface area contributed by atoms with Crippen molar-refractivity contribution in [3.05, 3.63) is 154 Å². The highest BCUT2D eigenvalue weighted by Crippen LogP contribution is 2.44. The van der Waals surface area contributed by atoms with Gasteiger partial charge in [-0.1, -0.05) is 72.8 Å². The minimum absolute atomic E-state index is 0.0102. The lowest BCUT2D eigenvalue weighted by atomic mass is 9.79. The summed E-state index contributed by atoms with van der Waals surface area (Å²) in [7, 11) is 3.17. The molecule has 4 aromatic carbocycles. The molecule has 1 aliphatic rings. The maximum atomic E-state index is 15.8. The van der Waals surface area contributed by atoms with Crippen LogP contribution >= 0.6 is 0 Å². The van der Waals surface area contributed by atoms with Crippen LogP contribution in [0.2, 0.25) is 0 Å². The van der Waals surface area contributed by atoms with E-state index in [-0.39, 0.29) is 5.82 Å². The van der Waals surface area contributed by atoms with Crippen LogP contribution in [0.15, 0.2) is 126 Å². The third kappa shape index (κ3) is 6.68. The molecule has 252 valence electrons. The molecule has 49 heavy (non-hydrogen) atoms. The summed E-state index contributed by atoms with van der Waals surface area (Å²) in [5, 5.41) is 13.8. The van der Waals surface area contributed by atoms with Gasteiger partial charge >= 0.3 is 5.69 Å². The van der Waals surface area contributed by atoms with Gasteiger partial charge in [-0.2, -0.15) is 4.98 Å².